The highest BCUT2D eigenvalue weighted by Gasteiger charge is 2.36. The van der Waals surface area contributed by atoms with Crippen LogP contribution in [0.5, 0.6) is 0 Å². The Bertz CT molecular complexity index is 413. The minimum Gasteiger partial charge on any atom is -0.328 e. The average molecular weight is 317 g/mol. The van der Waals surface area contributed by atoms with Gasteiger partial charge in [0.1, 0.15) is 0 Å². The zero-order chi connectivity index (χ0) is 15.5. The summed E-state index contributed by atoms with van der Waals surface area (Å²) in [7, 11) is -1.58. The van der Waals surface area contributed by atoms with Gasteiger partial charge < -0.3 is 5.73 Å². The molecule has 0 aromatic carbocycles. The molecular weight excluding hydrogens is 286 g/mol. The molecule has 0 unspecified atom stereocenters. The predicted octanol–water partition coefficient (Wildman–Crippen LogP) is 2.09. The summed E-state index contributed by atoms with van der Waals surface area (Å²) in [5, 5.41) is 0. The predicted molar refractivity (Wildman–Crippen MR) is 86.2 cm³/mol. The van der Waals surface area contributed by atoms with E-state index in [2.05, 4.69) is 0 Å². The highest BCUT2D eigenvalue weighted by molar-refractivity contribution is 7.86. The van der Waals surface area contributed by atoms with Gasteiger partial charge >= 0.3 is 0 Å². The Hall–Kier alpha value is -0.170. The standard InChI is InChI=1S/C15H31N3O2S/c1-3-18(15-11-9-13(16)10-12-15)21(19,20)17(2)14-7-5-4-6-8-14/h13-15H,3-12,16H2,1-2H3. The molecule has 21 heavy (non-hydrogen) atoms. The molecule has 2 fully saturated rings. The van der Waals surface area contributed by atoms with Gasteiger partial charge in [-0.15, -0.1) is 0 Å². The Morgan fingerprint density at radius 2 is 1.52 bits per heavy atom. The van der Waals surface area contributed by atoms with Crippen LogP contribution in [0.25, 0.3) is 0 Å². The van der Waals surface area contributed by atoms with Crippen molar-refractivity contribution < 1.29 is 8.42 Å². The Morgan fingerprint density at radius 1 is 0.952 bits per heavy atom. The number of rotatable bonds is 5. The number of nitrogens with zero attached hydrogens (tertiary/aromatic N) is 2. The second-order valence-corrected chi connectivity index (χ2v) is 8.53. The molecule has 0 radical (unpaired) electrons. The van der Waals surface area contributed by atoms with E-state index in [1.54, 1.807) is 15.7 Å². The maximum atomic E-state index is 13.0. The normalized spacial score (nSPS) is 29.2. The number of nitrogens with two attached hydrogens (primary N) is 1. The van der Waals surface area contributed by atoms with Gasteiger partial charge in [0.2, 0.25) is 0 Å². The summed E-state index contributed by atoms with van der Waals surface area (Å²) in [4.78, 5) is 0. The van der Waals surface area contributed by atoms with Crippen LogP contribution in [0.3, 0.4) is 0 Å². The molecule has 124 valence electrons. The maximum absolute atomic E-state index is 13.0. The molecule has 0 heterocycles. The van der Waals surface area contributed by atoms with Gasteiger partial charge in [-0.1, -0.05) is 26.2 Å². The van der Waals surface area contributed by atoms with Crippen LogP contribution in [0.4, 0.5) is 0 Å². The molecule has 0 bridgehead atoms. The van der Waals surface area contributed by atoms with Gasteiger partial charge in [0.15, 0.2) is 0 Å². The van der Waals surface area contributed by atoms with Gasteiger partial charge in [-0.25, -0.2) is 0 Å². The second-order valence-electron chi connectivity index (χ2n) is 6.59. The third-order valence-electron chi connectivity index (χ3n) is 5.21. The fourth-order valence-corrected chi connectivity index (χ4v) is 5.63. The average Bonchev–Trinajstić information content (AvgIpc) is 2.50. The SMILES string of the molecule is CCN(C1CCC(N)CC1)S(=O)(=O)N(C)C1CCCCC1. The second kappa shape index (κ2) is 7.40. The number of hydrogen-bond donors (Lipinski definition) is 1. The molecule has 0 aromatic rings. The van der Waals surface area contributed by atoms with Crippen molar-refractivity contribution in [1.82, 2.24) is 8.61 Å². The van der Waals surface area contributed by atoms with Crippen molar-refractivity contribution in [3.8, 4) is 0 Å². The molecule has 2 saturated carbocycles. The largest absolute Gasteiger partial charge is 0.328 e. The van der Waals surface area contributed by atoms with Gasteiger partial charge in [-0.3, -0.25) is 0 Å². The van der Waals surface area contributed by atoms with E-state index in [4.69, 9.17) is 5.73 Å². The van der Waals surface area contributed by atoms with E-state index in [0.29, 0.717) is 6.54 Å². The Labute approximate surface area is 130 Å². The molecule has 0 aliphatic heterocycles. The Morgan fingerprint density at radius 3 is 2.05 bits per heavy atom. The van der Waals surface area contributed by atoms with E-state index >= 15 is 0 Å². The first-order valence-electron chi connectivity index (χ1n) is 8.47. The maximum Gasteiger partial charge on any atom is 0.282 e. The molecule has 2 aliphatic carbocycles. The van der Waals surface area contributed by atoms with E-state index in [0.717, 1.165) is 51.4 Å². The minimum atomic E-state index is -3.34. The van der Waals surface area contributed by atoms with Gasteiger partial charge in [-0.2, -0.15) is 17.0 Å². The van der Waals surface area contributed by atoms with Crippen molar-refractivity contribution in [2.24, 2.45) is 5.73 Å². The molecule has 0 saturated heterocycles. The third kappa shape index (κ3) is 3.97. The number of hydrogen-bond acceptors (Lipinski definition) is 3. The topological polar surface area (TPSA) is 66.6 Å². The molecule has 0 spiro atoms. The minimum absolute atomic E-state index is 0.130. The molecule has 6 heteroatoms. The lowest BCUT2D eigenvalue weighted by molar-refractivity contribution is 0.214. The molecule has 2 aliphatic rings. The van der Waals surface area contributed by atoms with E-state index in [9.17, 15) is 8.42 Å². The summed E-state index contributed by atoms with van der Waals surface area (Å²) in [5.74, 6) is 0. The lowest BCUT2D eigenvalue weighted by Gasteiger charge is -2.39. The first-order valence-corrected chi connectivity index (χ1v) is 9.87. The first-order chi connectivity index (χ1) is 9.96. The zero-order valence-corrected chi connectivity index (χ0v) is 14.3. The third-order valence-corrected chi connectivity index (χ3v) is 7.38. The van der Waals surface area contributed by atoms with Crippen molar-refractivity contribution >= 4 is 10.2 Å². The monoisotopic (exact) mass is 317 g/mol. The van der Waals surface area contributed by atoms with Gasteiger partial charge in [-0.05, 0) is 38.5 Å². The smallest absolute Gasteiger partial charge is 0.282 e. The Balaban J connectivity index is 2.07. The van der Waals surface area contributed by atoms with E-state index in [-0.39, 0.29) is 18.1 Å². The molecular formula is C15H31N3O2S. The van der Waals surface area contributed by atoms with Crippen LogP contribution in [0, 0.1) is 0 Å². The van der Waals surface area contributed by atoms with Gasteiger partial charge in [0, 0.05) is 31.7 Å². The highest BCUT2D eigenvalue weighted by atomic mass is 32.2. The highest BCUT2D eigenvalue weighted by Crippen LogP contribution is 2.29. The van der Waals surface area contributed by atoms with E-state index < -0.39 is 10.2 Å². The van der Waals surface area contributed by atoms with Gasteiger partial charge in [0.25, 0.3) is 10.2 Å². The van der Waals surface area contributed by atoms with Crippen LogP contribution in [0.15, 0.2) is 0 Å². The molecule has 2 N–H and O–H groups in total. The van der Waals surface area contributed by atoms with Crippen molar-refractivity contribution in [3.63, 3.8) is 0 Å². The Kier molecular flexibility index (Phi) is 6.05. The van der Waals surface area contributed by atoms with Crippen molar-refractivity contribution in [1.29, 1.82) is 0 Å². The van der Waals surface area contributed by atoms with Crippen LogP contribution < -0.4 is 5.73 Å². The van der Waals surface area contributed by atoms with Crippen LogP contribution >= 0.6 is 0 Å². The lowest BCUT2D eigenvalue weighted by atomic mass is 9.92. The first kappa shape index (κ1) is 17.2. The molecule has 0 aromatic heterocycles. The van der Waals surface area contributed by atoms with Crippen LogP contribution in [0.2, 0.25) is 0 Å². The fourth-order valence-electron chi connectivity index (χ4n) is 3.80. The van der Waals surface area contributed by atoms with Crippen molar-refractivity contribution in [2.75, 3.05) is 13.6 Å². The molecule has 5 nitrogen and oxygen atoms in total. The quantitative estimate of drug-likeness (QED) is 0.844. The van der Waals surface area contributed by atoms with E-state index in [1.807, 2.05) is 6.92 Å². The fraction of sp³-hybridized carbons (Fsp3) is 1.00. The summed E-state index contributed by atoms with van der Waals surface area (Å²) < 4.78 is 29.3. The van der Waals surface area contributed by atoms with Crippen LogP contribution in [0.1, 0.15) is 64.7 Å². The summed E-state index contributed by atoms with van der Waals surface area (Å²) in [6, 6.07) is 0.563. The van der Waals surface area contributed by atoms with Crippen molar-refractivity contribution in [2.45, 2.75) is 82.8 Å². The summed E-state index contributed by atoms with van der Waals surface area (Å²) in [5.41, 5.74) is 5.95. The summed E-state index contributed by atoms with van der Waals surface area (Å²) in [6.45, 7) is 2.50. The van der Waals surface area contributed by atoms with Crippen molar-refractivity contribution in [3.05, 3.63) is 0 Å². The van der Waals surface area contributed by atoms with Crippen LogP contribution in [-0.2, 0) is 10.2 Å². The molecule has 0 amide bonds. The molecule has 0 atom stereocenters. The van der Waals surface area contributed by atoms with Gasteiger partial charge in [0.05, 0.1) is 0 Å². The summed E-state index contributed by atoms with van der Waals surface area (Å²) >= 11 is 0. The van der Waals surface area contributed by atoms with E-state index in [1.165, 1.54) is 6.42 Å². The lowest BCUT2D eigenvalue weighted by Crippen LogP contribution is -2.52. The molecule has 2 rings (SSSR count). The van der Waals surface area contributed by atoms with Crippen LogP contribution in [-0.4, -0.2) is 48.7 Å². The zero-order valence-electron chi connectivity index (χ0n) is 13.5. The summed E-state index contributed by atoms with van der Waals surface area (Å²) in [6.07, 6.45) is 9.20.